The number of carbonyl (C=O) groups is 1. The Bertz CT molecular complexity index is 333. The van der Waals surface area contributed by atoms with E-state index in [1.165, 1.54) is 44.9 Å². The molecule has 18 heavy (non-hydrogen) atoms. The number of hydrogen-bond donors (Lipinski definition) is 2. The van der Waals surface area contributed by atoms with Crippen LogP contribution in [0.5, 0.6) is 0 Å². The molecule has 2 bridgehead atoms. The highest BCUT2D eigenvalue weighted by Crippen LogP contribution is 2.47. The zero-order valence-corrected chi connectivity index (χ0v) is 11.5. The van der Waals surface area contributed by atoms with E-state index in [4.69, 9.17) is 5.73 Å². The lowest BCUT2D eigenvalue weighted by atomic mass is 9.83. The van der Waals surface area contributed by atoms with Gasteiger partial charge in [-0.3, -0.25) is 4.79 Å². The molecule has 0 saturated heterocycles. The number of fused-ring (bicyclic) bond motifs is 2. The van der Waals surface area contributed by atoms with E-state index in [9.17, 15) is 4.79 Å². The van der Waals surface area contributed by atoms with Crippen LogP contribution in [-0.2, 0) is 4.79 Å². The Morgan fingerprint density at radius 1 is 1.28 bits per heavy atom. The van der Waals surface area contributed by atoms with Crippen LogP contribution in [0.15, 0.2) is 0 Å². The monoisotopic (exact) mass is 250 g/mol. The van der Waals surface area contributed by atoms with Gasteiger partial charge in [0.2, 0.25) is 5.91 Å². The van der Waals surface area contributed by atoms with Gasteiger partial charge < -0.3 is 11.1 Å². The molecule has 1 amide bonds. The zero-order chi connectivity index (χ0) is 12.8. The first kappa shape index (κ1) is 12.5. The van der Waals surface area contributed by atoms with Gasteiger partial charge in [-0.25, -0.2) is 0 Å². The summed E-state index contributed by atoms with van der Waals surface area (Å²) < 4.78 is 0. The molecule has 3 N–H and O–H groups in total. The summed E-state index contributed by atoms with van der Waals surface area (Å²) in [7, 11) is 0. The van der Waals surface area contributed by atoms with Gasteiger partial charge in [0.1, 0.15) is 0 Å². The summed E-state index contributed by atoms with van der Waals surface area (Å²) in [6.07, 6.45) is 8.81. The van der Waals surface area contributed by atoms with E-state index in [1.807, 2.05) is 0 Å². The Labute approximate surface area is 110 Å². The summed E-state index contributed by atoms with van der Waals surface area (Å²) in [6, 6.07) is 0.125. The third-order valence-electron chi connectivity index (χ3n) is 5.78. The summed E-state index contributed by atoms with van der Waals surface area (Å²) in [5.74, 6) is 1.53. The van der Waals surface area contributed by atoms with Gasteiger partial charge in [0.05, 0.1) is 5.92 Å². The fourth-order valence-corrected chi connectivity index (χ4v) is 4.55. The van der Waals surface area contributed by atoms with Crippen LogP contribution < -0.4 is 11.1 Å². The standard InChI is InChI=1S/C15H26N2O/c1-15(6-2-3-7-15)9-17-14(18)12-10-4-5-11(8-10)13(12)16/h10-13H,2-9,16H2,1H3,(H,17,18). The highest BCUT2D eigenvalue weighted by Gasteiger charge is 2.49. The van der Waals surface area contributed by atoms with Crippen LogP contribution in [0.3, 0.4) is 0 Å². The molecule has 0 aromatic carbocycles. The highest BCUT2D eigenvalue weighted by atomic mass is 16.1. The van der Waals surface area contributed by atoms with Crippen LogP contribution in [0.4, 0.5) is 0 Å². The molecule has 3 heteroatoms. The molecule has 102 valence electrons. The third kappa shape index (κ3) is 2.07. The fraction of sp³-hybridized carbons (Fsp3) is 0.933. The zero-order valence-electron chi connectivity index (χ0n) is 11.5. The lowest BCUT2D eigenvalue weighted by molar-refractivity contribution is -0.127. The lowest BCUT2D eigenvalue weighted by Gasteiger charge is -2.29. The molecule has 0 aliphatic heterocycles. The topological polar surface area (TPSA) is 55.1 Å². The van der Waals surface area contributed by atoms with Crippen LogP contribution in [0, 0.1) is 23.2 Å². The Morgan fingerprint density at radius 2 is 1.94 bits per heavy atom. The van der Waals surface area contributed by atoms with Crippen molar-refractivity contribution in [1.82, 2.24) is 5.32 Å². The number of amides is 1. The first-order chi connectivity index (χ1) is 8.59. The van der Waals surface area contributed by atoms with Crippen molar-refractivity contribution in [2.75, 3.05) is 6.54 Å². The molecule has 4 atom stereocenters. The maximum absolute atomic E-state index is 12.4. The number of rotatable bonds is 3. The number of carbonyl (C=O) groups excluding carboxylic acids is 1. The van der Waals surface area contributed by atoms with E-state index in [0.29, 0.717) is 17.3 Å². The quantitative estimate of drug-likeness (QED) is 0.805. The minimum absolute atomic E-state index is 0.105. The van der Waals surface area contributed by atoms with Crippen molar-refractivity contribution in [2.45, 2.75) is 57.9 Å². The van der Waals surface area contributed by atoms with Gasteiger partial charge in [-0.15, -0.1) is 0 Å². The molecule has 0 aromatic heterocycles. The first-order valence-electron chi connectivity index (χ1n) is 7.62. The maximum Gasteiger partial charge on any atom is 0.224 e. The lowest BCUT2D eigenvalue weighted by Crippen LogP contribution is -2.47. The minimum atomic E-state index is 0.105. The van der Waals surface area contributed by atoms with Crippen molar-refractivity contribution in [2.24, 2.45) is 28.9 Å². The summed E-state index contributed by atoms with van der Waals surface area (Å²) in [6.45, 7) is 3.16. The second-order valence-corrected chi connectivity index (χ2v) is 7.17. The molecule has 0 spiro atoms. The van der Waals surface area contributed by atoms with E-state index >= 15 is 0 Å². The highest BCUT2D eigenvalue weighted by molar-refractivity contribution is 5.80. The molecular formula is C15H26N2O. The molecule has 0 heterocycles. The summed E-state index contributed by atoms with van der Waals surface area (Å²) in [4.78, 5) is 12.4. The molecule has 3 saturated carbocycles. The van der Waals surface area contributed by atoms with E-state index < -0.39 is 0 Å². The van der Waals surface area contributed by atoms with Gasteiger partial charge in [0.15, 0.2) is 0 Å². The van der Waals surface area contributed by atoms with Crippen LogP contribution >= 0.6 is 0 Å². The molecule has 3 aliphatic rings. The number of nitrogens with one attached hydrogen (secondary N) is 1. The molecule has 0 radical (unpaired) electrons. The maximum atomic E-state index is 12.4. The molecule has 0 aromatic rings. The van der Waals surface area contributed by atoms with Crippen molar-refractivity contribution in [3.8, 4) is 0 Å². The second-order valence-electron chi connectivity index (χ2n) is 7.17. The summed E-state index contributed by atoms with van der Waals surface area (Å²) >= 11 is 0. The first-order valence-corrected chi connectivity index (χ1v) is 7.62. The van der Waals surface area contributed by atoms with Crippen molar-refractivity contribution in [3.63, 3.8) is 0 Å². The van der Waals surface area contributed by atoms with Crippen LogP contribution in [-0.4, -0.2) is 18.5 Å². The van der Waals surface area contributed by atoms with Crippen molar-refractivity contribution >= 4 is 5.91 Å². The largest absolute Gasteiger partial charge is 0.355 e. The summed E-state index contributed by atoms with van der Waals surface area (Å²) in [5.41, 5.74) is 6.57. The van der Waals surface area contributed by atoms with E-state index in [-0.39, 0.29) is 17.9 Å². The van der Waals surface area contributed by atoms with Gasteiger partial charge in [-0.05, 0) is 49.4 Å². The Balaban J connectivity index is 1.55. The molecule has 4 unspecified atom stereocenters. The minimum Gasteiger partial charge on any atom is -0.355 e. The smallest absolute Gasteiger partial charge is 0.224 e. The fourth-order valence-electron chi connectivity index (χ4n) is 4.55. The van der Waals surface area contributed by atoms with E-state index in [0.717, 1.165) is 6.54 Å². The second kappa shape index (κ2) is 4.52. The van der Waals surface area contributed by atoms with Crippen LogP contribution in [0.1, 0.15) is 51.9 Å². The number of nitrogens with two attached hydrogens (primary N) is 1. The molecule has 3 rings (SSSR count). The van der Waals surface area contributed by atoms with Crippen molar-refractivity contribution in [1.29, 1.82) is 0 Å². The van der Waals surface area contributed by atoms with Gasteiger partial charge in [-0.1, -0.05) is 19.8 Å². The average molecular weight is 250 g/mol. The van der Waals surface area contributed by atoms with Gasteiger partial charge in [-0.2, -0.15) is 0 Å². The number of hydrogen-bond acceptors (Lipinski definition) is 2. The molecular weight excluding hydrogens is 224 g/mol. The molecule has 3 nitrogen and oxygen atoms in total. The van der Waals surface area contributed by atoms with Crippen LogP contribution in [0.25, 0.3) is 0 Å². The Morgan fingerprint density at radius 3 is 2.56 bits per heavy atom. The van der Waals surface area contributed by atoms with Crippen molar-refractivity contribution in [3.05, 3.63) is 0 Å². The third-order valence-corrected chi connectivity index (χ3v) is 5.78. The van der Waals surface area contributed by atoms with Gasteiger partial charge >= 0.3 is 0 Å². The van der Waals surface area contributed by atoms with Crippen LogP contribution in [0.2, 0.25) is 0 Å². The predicted molar refractivity (Wildman–Crippen MR) is 71.9 cm³/mol. The van der Waals surface area contributed by atoms with Gasteiger partial charge in [0, 0.05) is 12.6 Å². The van der Waals surface area contributed by atoms with Crippen molar-refractivity contribution < 1.29 is 4.79 Å². The van der Waals surface area contributed by atoms with Gasteiger partial charge in [0.25, 0.3) is 0 Å². The average Bonchev–Trinajstić information content (AvgIpc) is 3.02. The Kier molecular flexibility index (Phi) is 3.13. The molecule has 3 aliphatic carbocycles. The SMILES string of the molecule is CC1(CNC(=O)C2C3CCC(C3)C2N)CCCC1. The van der Waals surface area contributed by atoms with E-state index in [2.05, 4.69) is 12.2 Å². The summed E-state index contributed by atoms with van der Waals surface area (Å²) in [5, 5.41) is 3.20. The molecule has 3 fully saturated rings. The Hall–Kier alpha value is -0.570. The normalized spacial score (nSPS) is 41.2. The van der Waals surface area contributed by atoms with E-state index in [1.54, 1.807) is 0 Å². The predicted octanol–water partition coefficient (Wildman–Crippen LogP) is 2.06.